The zero-order chi connectivity index (χ0) is 13.1. The standard InChI is InChI=1S/C10H8F4N2O/c1-6-7(2-3-15)4-9(8(5-11)16-6)17-10(12,13)14/h4H,2,5H2,1H3. The van der Waals surface area contributed by atoms with Gasteiger partial charge in [0.05, 0.1) is 12.5 Å². The van der Waals surface area contributed by atoms with Crippen LogP contribution >= 0.6 is 0 Å². The van der Waals surface area contributed by atoms with E-state index in [0.717, 1.165) is 6.07 Å². The average molecular weight is 248 g/mol. The minimum Gasteiger partial charge on any atom is -0.404 e. The molecule has 0 spiro atoms. The average Bonchev–Trinajstić information content (AvgIpc) is 2.20. The molecule has 0 atom stereocenters. The van der Waals surface area contributed by atoms with Gasteiger partial charge in [-0.1, -0.05) is 0 Å². The van der Waals surface area contributed by atoms with Crippen LogP contribution in [0.2, 0.25) is 0 Å². The first-order chi connectivity index (χ1) is 7.87. The molecule has 7 heteroatoms. The molecule has 1 aromatic heterocycles. The van der Waals surface area contributed by atoms with Crippen LogP contribution in [0.15, 0.2) is 6.07 Å². The summed E-state index contributed by atoms with van der Waals surface area (Å²) in [5.74, 6) is -0.698. The third-order valence-corrected chi connectivity index (χ3v) is 1.98. The van der Waals surface area contributed by atoms with Crippen LogP contribution in [0.4, 0.5) is 17.6 Å². The topological polar surface area (TPSA) is 45.9 Å². The lowest BCUT2D eigenvalue weighted by molar-refractivity contribution is -0.275. The van der Waals surface area contributed by atoms with E-state index in [2.05, 4.69) is 9.72 Å². The number of nitrogens with zero attached hydrogens (tertiary/aromatic N) is 2. The van der Waals surface area contributed by atoms with Gasteiger partial charge < -0.3 is 4.74 Å². The summed E-state index contributed by atoms with van der Waals surface area (Å²) >= 11 is 0. The van der Waals surface area contributed by atoms with Crippen molar-refractivity contribution in [3.8, 4) is 11.8 Å². The van der Waals surface area contributed by atoms with Crippen molar-refractivity contribution in [3.63, 3.8) is 0 Å². The third kappa shape index (κ3) is 3.59. The molecule has 0 amide bonds. The summed E-state index contributed by atoms with van der Waals surface area (Å²) < 4.78 is 52.3. The first-order valence-corrected chi connectivity index (χ1v) is 4.55. The lowest BCUT2D eigenvalue weighted by Gasteiger charge is -2.13. The highest BCUT2D eigenvalue weighted by molar-refractivity contribution is 5.36. The molecule has 0 aliphatic heterocycles. The third-order valence-electron chi connectivity index (χ3n) is 1.98. The molecular formula is C10H8F4N2O. The Labute approximate surface area is 94.6 Å². The van der Waals surface area contributed by atoms with Gasteiger partial charge in [0.1, 0.15) is 12.4 Å². The van der Waals surface area contributed by atoms with E-state index in [1.54, 1.807) is 6.07 Å². The number of hydrogen-bond donors (Lipinski definition) is 0. The van der Waals surface area contributed by atoms with Crippen LogP contribution in [-0.2, 0) is 13.1 Å². The van der Waals surface area contributed by atoms with E-state index in [1.165, 1.54) is 6.92 Å². The zero-order valence-corrected chi connectivity index (χ0v) is 8.81. The van der Waals surface area contributed by atoms with Crippen LogP contribution in [0.5, 0.6) is 5.75 Å². The van der Waals surface area contributed by atoms with Gasteiger partial charge >= 0.3 is 6.36 Å². The molecule has 0 N–H and O–H groups in total. The summed E-state index contributed by atoms with van der Waals surface area (Å²) in [7, 11) is 0. The quantitative estimate of drug-likeness (QED) is 0.772. The van der Waals surface area contributed by atoms with Crippen molar-refractivity contribution in [2.24, 2.45) is 0 Å². The predicted octanol–water partition coefficient (Wildman–Crippen LogP) is 2.82. The normalized spacial score (nSPS) is 11.1. The summed E-state index contributed by atoms with van der Waals surface area (Å²) in [4.78, 5) is 3.64. The number of rotatable bonds is 3. The van der Waals surface area contributed by atoms with E-state index in [9.17, 15) is 17.6 Å². The second-order valence-corrected chi connectivity index (χ2v) is 3.19. The lowest BCUT2D eigenvalue weighted by atomic mass is 10.1. The van der Waals surface area contributed by atoms with Gasteiger partial charge in [-0.15, -0.1) is 13.2 Å². The van der Waals surface area contributed by atoms with Crippen LogP contribution in [0.1, 0.15) is 17.0 Å². The molecule has 0 aromatic carbocycles. The van der Waals surface area contributed by atoms with E-state index < -0.39 is 24.5 Å². The van der Waals surface area contributed by atoms with Crippen molar-refractivity contribution in [2.45, 2.75) is 26.4 Å². The Hall–Kier alpha value is -1.84. The Morgan fingerprint density at radius 3 is 2.59 bits per heavy atom. The Morgan fingerprint density at radius 1 is 1.47 bits per heavy atom. The minimum absolute atomic E-state index is 0.111. The van der Waals surface area contributed by atoms with E-state index >= 15 is 0 Å². The molecule has 0 aliphatic carbocycles. The SMILES string of the molecule is Cc1nc(CF)c(OC(F)(F)F)cc1CC#N. The number of hydrogen-bond acceptors (Lipinski definition) is 3. The molecule has 3 nitrogen and oxygen atoms in total. The molecule has 0 saturated carbocycles. The van der Waals surface area contributed by atoms with Gasteiger partial charge in [0.15, 0.2) is 5.75 Å². The molecule has 0 fully saturated rings. The maximum absolute atomic E-state index is 12.5. The summed E-state index contributed by atoms with van der Waals surface area (Å²) in [6, 6.07) is 2.78. The first kappa shape index (κ1) is 13.2. The first-order valence-electron chi connectivity index (χ1n) is 4.55. The van der Waals surface area contributed by atoms with Gasteiger partial charge in [0, 0.05) is 5.69 Å². The fourth-order valence-corrected chi connectivity index (χ4v) is 1.25. The molecule has 0 aliphatic rings. The summed E-state index contributed by atoms with van der Waals surface area (Å²) in [5, 5.41) is 8.48. The Balaban J connectivity index is 3.18. The predicted molar refractivity (Wildman–Crippen MR) is 49.8 cm³/mol. The van der Waals surface area contributed by atoms with Gasteiger partial charge in [-0.2, -0.15) is 5.26 Å². The van der Waals surface area contributed by atoms with Gasteiger partial charge in [-0.25, -0.2) is 4.39 Å². The van der Waals surface area contributed by atoms with Gasteiger partial charge in [-0.05, 0) is 18.6 Å². The summed E-state index contributed by atoms with van der Waals surface area (Å²) in [6.45, 7) is 0.322. The van der Waals surface area contributed by atoms with Crippen LogP contribution in [-0.4, -0.2) is 11.3 Å². The monoisotopic (exact) mass is 248 g/mol. The molecule has 0 saturated heterocycles. The van der Waals surface area contributed by atoms with E-state index in [1.807, 2.05) is 0 Å². The van der Waals surface area contributed by atoms with Gasteiger partial charge in [0.25, 0.3) is 0 Å². The van der Waals surface area contributed by atoms with E-state index in [-0.39, 0.29) is 12.0 Å². The number of alkyl halides is 4. The van der Waals surface area contributed by atoms with Crippen molar-refractivity contribution in [3.05, 3.63) is 23.0 Å². The zero-order valence-electron chi connectivity index (χ0n) is 8.81. The molecule has 1 aromatic rings. The Kier molecular flexibility index (Phi) is 3.89. The highest BCUT2D eigenvalue weighted by Gasteiger charge is 2.32. The van der Waals surface area contributed by atoms with Crippen LogP contribution < -0.4 is 4.74 Å². The maximum Gasteiger partial charge on any atom is 0.573 e. The number of pyridine rings is 1. The molecule has 1 heterocycles. The number of nitriles is 1. The second kappa shape index (κ2) is 4.99. The molecule has 1 rings (SSSR count). The Bertz CT molecular complexity index is 451. The highest BCUT2D eigenvalue weighted by Crippen LogP contribution is 2.28. The summed E-state index contributed by atoms with van der Waals surface area (Å²) in [5.41, 5.74) is 0.166. The molecule has 92 valence electrons. The van der Waals surface area contributed by atoms with Crippen LogP contribution in [0.25, 0.3) is 0 Å². The summed E-state index contributed by atoms with van der Waals surface area (Å²) in [6.07, 6.45) is -5.02. The van der Waals surface area contributed by atoms with Gasteiger partial charge in [-0.3, -0.25) is 4.98 Å². The second-order valence-electron chi connectivity index (χ2n) is 3.19. The van der Waals surface area contributed by atoms with Crippen molar-refractivity contribution in [2.75, 3.05) is 0 Å². The van der Waals surface area contributed by atoms with Crippen LogP contribution in [0, 0.1) is 18.3 Å². The largest absolute Gasteiger partial charge is 0.573 e. The van der Waals surface area contributed by atoms with Crippen LogP contribution in [0.3, 0.4) is 0 Å². The number of aryl methyl sites for hydroxylation is 1. The number of halogens is 4. The fraction of sp³-hybridized carbons (Fsp3) is 0.400. The number of ether oxygens (including phenoxy) is 1. The molecule has 0 bridgehead atoms. The smallest absolute Gasteiger partial charge is 0.404 e. The van der Waals surface area contributed by atoms with Gasteiger partial charge in [0.2, 0.25) is 0 Å². The molecule has 17 heavy (non-hydrogen) atoms. The van der Waals surface area contributed by atoms with E-state index in [4.69, 9.17) is 5.26 Å². The molecular weight excluding hydrogens is 240 g/mol. The highest BCUT2D eigenvalue weighted by atomic mass is 19.4. The van der Waals surface area contributed by atoms with Crippen molar-refractivity contribution < 1.29 is 22.3 Å². The Morgan fingerprint density at radius 2 is 2.12 bits per heavy atom. The van der Waals surface area contributed by atoms with E-state index in [0.29, 0.717) is 5.69 Å². The molecule has 0 radical (unpaired) electrons. The lowest BCUT2D eigenvalue weighted by Crippen LogP contribution is -2.19. The van der Waals surface area contributed by atoms with Crippen molar-refractivity contribution in [1.82, 2.24) is 4.98 Å². The van der Waals surface area contributed by atoms with Crippen molar-refractivity contribution >= 4 is 0 Å². The fourth-order valence-electron chi connectivity index (χ4n) is 1.25. The molecule has 0 unspecified atom stereocenters. The number of aromatic nitrogens is 1. The maximum atomic E-state index is 12.5. The van der Waals surface area contributed by atoms with Crippen molar-refractivity contribution in [1.29, 1.82) is 5.26 Å². The minimum atomic E-state index is -4.91.